The number of amides is 1. The highest BCUT2D eigenvalue weighted by Crippen LogP contribution is 2.20. The van der Waals surface area contributed by atoms with E-state index in [1.165, 1.54) is 6.07 Å². The average molecular weight is 379 g/mol. The van der Waals surface area contributed by atoms with Gasteiger partial charge in [0.2, 0.25) is 0 Å². The molecule has 0 unspecified atom stereocenters. The number of phenols is 1. The number of carbonyl (C=O) groups is 1. The first-order valence-corrected chi connectivity index (χ1v) is 7.96. The lowest BCUT2D eigenvalue weighted by molar-refractivity contribution is 0.0915. The predicted molar refractivity (Wildman–Crippen MR) is 80.9 cm³/mol. The number of halogens is 2. The summed E-state index contributed by atoms with van der Waals surface area (Å²) in [6.07, 6.45) is 0.813. The van der Waals surface area contributed by atoms with Crippen LogP contribution in [0.15, 0.2) is 18.2 Å². The summed E-state index contributed by atoms with van der Waals surface area (Å²) in [6, 6.07) is 4.95. The zero-order chi connectivity index (χ0) is 13.8. The maximum Gasteiger partial charge on any atom is 0.251 e. The van der Waals surface area contributed by atoms with Gasteiger partial charge in [-0.3, -0.25) is 4.79 Å². The molecule has 0 aromatic heterocycles. The highest BCUT2D eigenvalue weighted by atomic mass is 79.9. The molecule has 0 aliphatic rings. The first-order chi connectivity index (χ1) is 8.48. The molecule has 0 heterocycles. The minimum Gasteiger partial charge on any atom is -0.508 e. The fraction of sp³-hybridized carbons (Fsp3) is 0.462. The van der Waals surface area contributed by atoms with Crippen LogP contribution in [0.3, 0.4) is 0 Å². The number of hydrogen-bond acceptors (Lipinski definition) is 2. The molecule has 0 radical (unpaired) electrons. The largest absolute Gasteiger partial charge is 0.508 e. The van der Waals surface area contributed by atoms with E-state index in [0.717, 1.165) is 12.0 Å². The van der Waals surface area contributed by atoms with Crippen molar-refractivity contribution < 1.29 is 9.90 Å². The molecule has 0 bridgehead atoms. The van der Waals surface area contributed by atoms with E-state index in [1.54, 1.807) is 19.1 Å². The maximum absolute atomic E-state index is 12.1. The number of hydrogen-bond donors (Lipinski definition) is 2. The Morgan fingerprint density at radius 3 is 2.44 bits per heavy atom. The molecule has 0 fully saturated rings. The number of benzene rings is 1. The van der Waals surface area contributed by atoms with Gasteiger partial charge in [0, 0.05) is 16.2 Å². The summed E-state index contributed by atoms with van der Waals surface area (Å²) in [5.74, 6) is -0.0338. The second kappa shape index (κ2) is 6.57. The molecule has 3 nitrogen and oxygen atoms in total. The lowest BCUT2D eigenvalue weighted by Gasteiger charge is -2.30. The Hall–Kier alpha value is -0.550. The van der Waals surface area contributed by atoms with Gasteiger partial charge in [-0.15, -0.1) is 0 Å². The van der Waals surface area contributed by atoms with Gasteiger partial charge in [-0.2, -0.15) is 0 Å². The van der Waals surface area contributed by atoms with E-state index in [9.17, 15) is 9.90 Å². The Bertz CT molecular complexity index is 423. The molecule has 0 aliphatic heterocycles. The van der Waals surface area contributed by atoms with E-state index in [4.69, 9.17) is 0 Å². The van der Waals surface area contributed by atoms with Crippen molar-refractivity contribution in [3.63, 3.8) is 0 Å². The Kier molecular flexibility index (Phi) is 5.66. The summed E-state index contributed by atoms with van der Waals surface area (Å²) in [6.45, 7) is 3.82. The number of aryl methyl sites for hydroxylation is 1. The van der Waals surface area contributed by atoms with Gasteiger partial charge in [-0.05, 0) is 31.0 Å². The minimum absolute atomic E-state index is 0.141. The Labute approximate surface area is 124 Å². The van der Waals surface area contributed by atoms with Crippen LogP contribution >= 0.6 is 31.9 Å². The third kappa shape index (κ3) is 3.48. The molecule has 0 saturated carbocycles. The van der Waals surface area contributed by atoms with Crippen molar-refractivity contribution in [1.82, 2.24) is 5.32 Å². The SMILES string of the molecule is CCC(CBr)(CBr)NC(=O)c1ccc(C)c(O)c1. The molecule has 18 heavy (non-hydrogen) atoms. The second-order valence-corrected chi connectivity index (χ2v) is 5.48. The normalized spacial score (nSPS) is 11.3. The van der Waals surface area contributed by atoms with Gasteiger partial charge >= 0.3 is 0 Å². The lowest BCUT2D eigenvalue weighted by atomic mass is 10.0. The highest BCUT2D eigenvalue weighted by Gasteiger charge is 2.28. The van der Waals surface area contributed by atoms with Crippen LogP contribution in [0.25, 0.3) is 0 Å². The molecule has 5 heteroatoms. The van der Waals surface area contributed by atoms with Crippen LogP contribution in [-0.4, -0.2) is 27.2 Å². The Morgan fingerprint density at radius 1 is 1.39 bits per heavy atom. The molecule has 0 saturated heterocycles. The van der Waals surface area contributed by atoms with Crippen molar-refractivity contribution in [3.8, 4) is 5.75 Å². The summed E-state index contributed by atoms with van der Waals surface area (Å²) < 4.78 is 0. The third-order valence-electron chi connectivity index (χ3n) is 3.04. The van der Waals surface area contributed by atoms with E-state index in [-0.39, 0.29) is 17.2 Å². The Morgan fingerprint density at radius 2 is 2.00 bits per heavy atom. The number of alkyl halides is 2. The van der Waals surface area contributed by atoms with E-state index in [1.807, 2.05) is 6.92 Å². The van der Waals surface area contributed by atoms with Crippen LogP contribution < -0.4 is 5.32 Å². The molecule has 0 atom stereocenters. The van der Waals surface area contributed by atoms with Crippen molar-refractivity contribution in [2.45, 2.75) is 25.8 Å². The zero-order valence-corrected chi connectivity index (χ0v) is 13.6. The fourth-order valence-corrected chi connectivity index (χ4v) is 3.45. The molecule has 100 valence electrons. The first kappa shape index (κ1) is 15.5. The van der Waals surface area contributed by atoms with E-state index in [2.05, 4.69) is 37.2 Å². The zero-order valence-electron chi connectivity index (χ0n) is 10.5. The quantitative estimate of drug-likeness (QED) is 0.771. The van der Waals surface area contributed by atoms with E-state index < -0.39 is 0 Å². The van der Waals surface area contributed by atoms with Crippen LogP contribution in [-0.2, 0) is 0 Å². The van der Waals surface area contributed by atoms with E-state index in [0.29, 0.717) is 16.2 Å². The summed E-state index contributed by atoms with van der Waals surface area (Å²) >= 11 is 6.85. The minimum atomic E-state index is -0.308. The average Bonchev–Trinajstić information content (AvgIpc) is 2.39. The molecule has 1 rings (SSSR count). The summed E-state index contributed by atoms with van der Waals surface area (Å²) in [7, 11) is 0. The number of rotatable bonds is 5. The maximum atomic E-state index is 12.1. The van der Waals surface area contributed by atoms with Crippen LogP contribution in [0, 0.1) is 6.92 Å². The van der Waals surface area contributed by atoms with Gasteiger partial charge in [-0.1, -0.05) is 44.8 Å². The first-order valence-electron chi connectivity index (χ1n) is 5.72. The van der Waals surface area contributed by atoms with Gasteiger partial charge in [0.15, 0.2) is 0 Å². The van der Waals surface area contributed by atoms with Crippen molar-refractivity contribution in [2.24, 2.45) is 0 Å². The van der Waals surface area contributed by atoms with Crippen molar-refractivity contribution in [2.75, 3.05) is 10.7 Å². The fourth-order valence-electron chi connectivity index (χ4n) is 1.44. The van der Waals surface area contributed by atoms with Gasteiger partial charge in [0.1, 0.15) is 5.75 Å². The monoisotopic (exact) mass is 377 g/mol. The smallest absolute Gasteiger partial charge is 0.251 e. The second-order valence-electron chi connectivity index (χ2n) is 4.36. The predicted octanol–water partition coefficient (Wildman–Crippen LogP) is 3.37. The van der Waals surface area contributed by atoms with Gasteiger partial charge in [0.05, 0.1) is 5.54 Å². The van der Waals surface area contributed by atoms with Crippen LogP contribution in [0.5, 0.6) is 5.75 Å². The molecule has 1 amide bonds. The highest BCUT2D eigenvalue weighted by molar-refractivity contribution is 9.09. The van der Waals surface area contributed by atoms with E-state index >= 15 is 0 Å². The van der Waals surface area contributed by atoms with Crippen LogP contribution in [0.2, 0.25) is 0 Å². The van der Waals surface area contributed by atoms with Crippen molar-refractivity contribution >= 4 is 37.8 Å². The standard InChI is InChI=1S/C13H17Br2NO2/c1-3-13(7-14,8-15)16-12(18)10-5-4-9(2)11(17)6-10/h4-6,17H,3,7-8H2,1-2H3,(H,16,18). The van der Waals surface area contributed by atoms with Crippen LogP contribution in [0.4, 0.5) is 0 Å². The van der Waals surface area contributed by atoms with Crippen LogP contribution in [0.1, 0.15) is 29.3 Å². The summed E-state index contributed by atoms with van der Waals surface area (Å²) in [4.78, 5) is 12.1. The number of phenolic OH excluding ortho intramolecular Hbond substituents is 1. The summed E-state index contributed by atoms with van der Waals surface area (Å²) in [5.41, 5.74) is 0.921. The topological polar surface area (TPSA) is 49.3 Å². The third-order valence-corrected chi connectivity index (χ3v) is 5.19. The molecule has 0 spiro atoms. The number of nitrogens with one attached hydrogen (secondary N) is 1. The number of carbonyl (C=O) groups excluding carboxylic acids is 1. The molecule has 1 aromatic carbocycles. The number of aromatic hydroxyl groups is 1. The van der Waals surface area contributed by atoms with Gasteiger partial charge in [0.25, 0.3) is 5.91 Å². The Balaban J connectivity index is 2.90. The lowest BCUT2D eigenvalue weighted by Crippen LogP contribution is -2.51. The molecule has 0 aliphatic carbocycles. The molecule has 1 aromatic rings. The van der Waals surface area contributed by atoms with Gasteiger partial charge in [-0.25, -0.2) is 0 Å². The molecule has 2 N–H and O–H groups in total. The van der Waals surface area contributed by atoms with Crippen molar-refractivity contribution in [3.05, 3.63) is 29.3 Å². The van der Waals surface area contributed by atoms with Gasteiger partial charge < -0.3 is 10.4 Å². The van der Waals surface area contributed by atoms with Crippen molar-refractivity contribution in [1.29, 1.82) is 0 Å². The molecular weight excluding hydrogens is 362 g/mol. The molecular formula is C13H17Br2NO2. The summed E-state index contributed by atoms with van der Waals surface area (Å²) in [5, 5.41) is 14.0.